The van der Waals surface area contributed by atoms with Crippen molar-refractivity contribution in [3.05, 3.63) is 48.1 Å². The van der Waals surface area contributed by atoms with Crippen molar-refractivity contribution in [2.24, 2.45) is 0 Å². The Labute approximate surface area is 173 Å². The minimum absolute atomic E-state index is 0.154. The number of benzene rings is 1. The van der Waals surface area contributed by atoms with E-state index < -0.39 is 16.1 Å². The van der Waals surface area contributed by atoms with Crippen molar-refractivity contribution in [2.45, 2.75) is 30.7 Å². The van der Waals surface area contributed by atoms with Gasteiger partial charge in [-0.3, -0.25) is 4.98 Å². The van der Waals surface area contributed by atoms with Gasteiger partial charge in [-0.1, -0.05) is 0 Å². The van der Waals surface area contributed by atoms with Crippen LogP contribution in [0.2, 0.25) is 0 Å². The monoisotopic (exact) mass is 428 g/mol. The van der Waals surface area contributed by atoms with E-state index in [0.717, 1.165) is 5.69 Å². The van der Waals surface area contributed by atoms with Crippen LogP contribution in [0.15, 0.2) is 45.8 Å². The fraction of sp³-hybridized carbons (Fsp3) is 0.350. The molecule has 9 nitrogen and oxygen atoms in total. The molecule has 0 saturated carbocycles. The highest BCUT2D eigenvalue weighted by Gasteiger charge is 2.39. The van der Waals surface area contributed by atoms with Crippen LogP contribution >= 0.6 is 0 Å². The van der Waals surface area contributed by atoms with Gasteiger partial charge < -0.3 is 13.9 Å². The first-order valence-electron chi connectivity index (χ1n) is 9.70. The lowest BCUT2D eigenvalue weighted by atomic mass is 10.2. The molecule has 5 rings (SSSR count). The number of aromatic nitrogens is 3. The lowest BCUT2D eigenvalue weighted by Crippen LogP contribution is -2.31. The highest BCUT2D eigenvalue weighted by molar-refractivity contribution is 7.89. The second kappa shape index (κ2) is 7.37. The first kappa shape index (κ1) is 19.0. The van der Waals surface area contributed by atoms with Gasteiger partial charge in [-0.05, 0) is 44.0 Å². The third-order valence-corrected chi connectivity index (χ3v) is 7.11. The van der Waals surface area contributed by atoms with Gasteiger partial charge in [0.15, 0.2) is 11.5 Å². The number of aryl methyl sites for hydroxylation is 1. The molecule has 1 unspecified atom stereocenters. The quantitative estimate of drug-likeness (QED) is 0.624. The summed E-state index contributed by atoms with van der Waals surface area (Å²) in [7, 11) is -3.77. The number of rotatable bonds is 4. The van der Waals surface area contributed by atoms with E-state index in [9.17, 15) is 8.42 Å². The van der Waals surface area contributed by atoms with E-state index >= 15 is 0 Å². The van der Waals surface area contributed by atoms with E-state index in [-0.39, 0.29) is 10.8 Å². The number of sulfonamides is 1. The second-order valence-electron chi connectivity index (χ2n) is 7.21. The first-order chi connectivity index (χ1) is 14.5. The zero-order valence-electron chi connectivity index (χ0n) is 16.3. The van der Waals surface area contributed by atoms with E-state index in [1.165, 1.54) is 16.4 Å². The van der Waals surface area contributed by atoms with Crippen molar-refractivity contribution < 1.29 is 22.3 Å². The van der Waals surface area contributed by atoms with Crippen molar-refractivity contribution in [1.29, 1.82) is 0 Å². The van der Waals surface area contributed by atoms with E-state index in [4.69, 9.17) is 13.9 Å². The van der Waals surface area contributed by atoms with Gasteiger partial charge in [0, 0.05) is 24.5 Å². The molecular weight excluding hydrogens is 408 g/mol. The van der Waals surface area contributed by atoms with Gasteiger partial charge >= 0.3 is 0 Å². The van der Waals surface area contributed by atoms with Crippen molar-refractivity contribution in [3.63, 3.8) is 0 Å². The van der Waals surface area contributed by atoms with Crippen molar-refractivity contribution >= 4 is 10.0 Å². The Morgan fingerprint density at radius 3 is 2.70 bits per heavy atom. The Bertz CT molecular complexity index is 1180. The predicted molar refractivity (Wildman–Crippen MR) is 106 cm³/mol. The van der Waals surface area contributed by atoms with Gasteiger partial charge in [-0.25, -0.2) is 8.42 Å². The zero-order valence-corrected chi connectivity index (χ0v) is 17.1. The van der Waals surface area contributed by atoms with Crippen molar-refractivity contribution in [2.75, 3.05) is 19.8 Å². The minimum Gasteiger partial charge on any atom is -0.486 e. The van der Waals surface area contributed by atoms with Crippen LogP contribution in [0.3, 0.4) is 0 Å². The maximum Gasteiger partial charge on any atom is 0.249 e. The Morgan fingerprint density at radius 1 is 1.07 bits per heavy atom. The average Bonchev–Trinajstić information content (AvgIpc) is 3.44. The molecule has 0 spiro atoms. The standard InChI is InChI=1S/C20H20N4O5S/c1-13-4-5-14(12-21-13)19-22-23-20(29-19)16-3-2-8-24(16)30(25,26)15-6-7-17-18(11-15)28-10-9-27-17/h4-7,11-12,16H,2-3,8-10H2,1H3. The Hall–Kier alpha value is -2.98. The molecule has 2 aromatic heterocycles. The van der Waals surface area contributed by atoms with Crippen LogP contribution in [0.5, 0.6) is 11.5 Å². The molecule has 2 aliphatic heterocycles. The molecular formula is C20H20N4O5S. The number of hydrogen-bond donors (Lipinski definition) is 0. The molecule has 0 aliphatic carbocycles. The average molecular weight is 428 g/mol. The summed E-state index contributed by atoms with van der Waals surface area (Å²) in [5.41, 5.74) is 1.57. The number of nitrogens with zero attached hydrogens (tertiary/aromatic N) is 4. The molecule has 0 radical (unpaired) electrons. The van der Waals surface area contributed by atoms with Gasteiger partial charge in [-0.2, -0.15) is 4.31 Å². The number of hydrogen-bond acceptors (Lipinski definition) is 8. The molecule has 1 fully saturated rings. The normalized spacial score (nSPS) is 19.2. The Kier molecular flexibility index (Phi) is 4.67. The number of fused-ring (bicyclic) bond motifs is 1. The zero-order chi connectivity index (χ0) is 20.7. The number of pyridine rings is 1. The number of ether oxygens (including phenoxy) is 2. The SMILES string of the molecule is Cc1ccc(-c2nnc(C3CCCN3S(=O)(=O)c3ccc4c(c3)OCCO4)o2)cn1. The summed E-state index contributed by atoms with van der Waals surface area (Å²) < 4.78 is 45.0. The lowest BCUT2D eigenvalue weighted by Gasteiger charge is -2.23. The summed E-state index contributed by atoms with van der Waals surface area (Å²) in [6.45, 7) is 3.11. The topological polar surface area (TPSA) is 108 Å². The van der Waals surface area contributed by atoms with Gasteiger partial charge in [0.25, 0.3) is 0 Å². The molecule has 2 aliphatic rings. The molecule has 4 heterocycles. The van der Waals surface area contributed by atoms with Crippen LogP contribution in [0.25, 0.3) is 11.5 Å². The van der Waals surface area contributed by atoms with Gasteiger partial charge in [0.1, 0.15) is 19.3 Å². The van der Waals surface area contributed by atoms with Crippen LogP contribution in [0.4, 0.5) is 0 Å². The molecule has 1 saturated heterocycles. The van der Waals surface area contributed by atoms with Crippen LogP contribution < -0.4 is 9.47 Å². The lowest BCUT2D eigenvalue weighted by molar-refractivity contribution is 0.171. The summed E-state index contributed by atoms with van der Waals surface area (Å²) >= 11 is 0. The highest BCUT2D eigenvalue weighted by Crippen LogP contribution is 2.39. The van der Waals surface area contributed by atoms with E-state index in [1.54, 1.807) is 12.3 Å². The molecule has 1 aromatic carbocycles. The molecule has 30 heavy (non-hydrogen) atoms. The summed E-state index contributed by atoms with van der Waals surface area (Å²) in [6, 6.07) is 7.86. The van der Waals surface area contributed by atoms with Crippen LogP contribution in [0.1, 0.15) is 30.5 Å². The Balaban J connectivity index is 1.44. The summed E-state index contributed by atoms with van der Waals surface area (Å²) in [5.74, 6) is 1.58. The van der Waals surface area contributed by atoms with Crippen LogP contribution in [-0.4, -0.2) is 47.7 Å². The third-order valence-electron chi connectivity index (χ3n) is 5.21. The molecule has 10 heteroatoms. The molecule has 0 bridgehead atoms. The fourth-order valence-electron chi connectivity index (χ4n) is 3.67. The van der Waals surface area contributed by atoms with Gasteiger partial charge in [0.2, 0.25) is 21.8 Å². The fourth-order valence-corrected chi connectivity index (χ4v) is 5.34. The molecule has 0 amide bonds. The second-order valence-corrected chi connectivity index (χ2v) is 9.10. The molecule has 3 aromatic rings. The third kappa shape index (κ3) is 3.31. The largest absolute Gasteiger partial charge is 0.486 e. The van der Waals surface area contributed by atoms with Crippen molar-refractivity contribution in [1.82, 2.24) is 19.5 Å². The predicted octanol–water partition coefficient (Wildman–Crippen LogP) is 2.74. The van der Waals surface area contributed by atoms with Crippen LogP contribution in [0, 0.1) is 6.92 Å². The maximum atomic E-state index is 13.3. The summed E-state index contributed by atoms with van der Waals surface area (Å²) in [5, 5.41) is 8.22. The molecule has 1 atom stereocenters. The maximum absolute atomic E-state index is 13.3. The Morgan fingerprint density at radius 2 is 1.90 bits per heavy atom. The van der Waals surface area contributed by atoms with Gasteiger partial charge in [0.05, 0.1) is 10.5 Å². The van der Waals surface area contributed by atoms with E-state index in [2.05, 4.69) is 15.2 Å². The van der Waals surface area contributed by atoms with E-state index in [1.807, 2.05) is 19.1 Å². The van der Waals surface area contributed by atoms with Gasteiger partial charge in [-0.15, -0.1) is 10.2 Å². The summed E-state index contributed by atoms with van der Waals surface area (Å²) in [4.78, 5) is 4.39. The van der Waals surface area contributed by atoms with Crippen molar-refractivity contribution in [3.8, 4) is 23.0 Å². The molecule has 156 valence electrons. The highest BCUT2D eigenvalue weighted by atomic mass is 32.2. The first-order valence-corrected chi connectivity index (χ1v) is 11.1. The molecule has 0 N–H and O–H groups in total. The van der Waals surface area contributed by atoms with Crippen LogP contribution in [-0.2, 0) is 10.0 Å². The summed E-state index contributed by atoms with van der Waals surface area (Å²) in [6.07, 6.45) is 2.97. The minimum atomic E-state index is -3.77. The smallest absolute Gasteiger partial charge is 0.249 e. The van der Waals surface area contributed by atoms with E-state index in [0.29, 0.717) is 55.6 Å².